The maximum atomic E-state index is 13.6. The zero-order chi connectivity index (χ0) is 14.4. The largest absolute Gasteiger partial charge is 0.487 e. The molecule has 1 aromatic carbocycles. The van der Waals surface area contributed by atoms with Crippen LogP contribution in [0.5, 0.6) is 5.75 Å². The summed E-state index contributed by atoms with van der Waals surface area (Å²) in [6, 6.07) is 2.67. The molecule has 0 aliphatic heterocycles. The summed E-state index contributed by atoms with van der Waals surface area (Å²) in [5.74, 6) is -0.0418. The Bertz CT molecular complexity index is 410. The maximum Gasteiger partial charge on any atom is 0.272 e. The number of aryl methyl sites for hydroxylation is 1. The van der Waals surface area contributed by atoms with Crippen molar-refractivity contribution in [1.82, 2.24) is 5.32 Å². The van der Waals surface area contributed by atoms with E-state index in [0.717, 1.165) is 13.0 Å². The van der Waals surface area contributed by atoms with Gasteiger partial charge in [0.25, 0.3) is 6.43 Å². The van der Waals surface area contributed by atoms with Gasteiger partial charge in [0.2, 0.25) is 0 Å². The fraction of sp³-hybridized carbons (Fsp3) is 0.571. The summed E-state index contributed by atoms with van der Waals surface area (Å²) in [5, 5.41) is 3.19. The van der Waals surface area contributed by atoms with E-state index in [0.29, 0.717) is 16.9 Å². The number of ether oxygens (including phenoxy) is 1. The lowest BCUT2D eigenvalue weighted by Gasteiger charge is -2.19. The number of benzene rings is 1. The Kier molecular flexibility index (Phi) is 6.15. The van der Waals surface area contributed by atoms with Gasteiger partial charge < -0.3 is 10.1 Å². The summed E-state index contributed by atoms with van der Waals surface area (Å²) < 4.78 is 43.1. The van der Waals surface area contributed by atoms with Gasteiger partial charge in [-0.25, -0.2) is 13.2 Å². The fourth-order valence-electron chi connectivity index (χ4n) is 1.76. The van der Waals surface area contributed by atoms with Crippen LogP contribution in [0.25, 0.3) is 0 Å². The molecule has 0 saturated carbocycles. The normalized spacial score (nSPS) is 12.8. The summed E-state index contributed by atoms with van der Waals surface area (Å²) >= 11 is 0. The summed E-state index contributed by atoms with van der Waals surface area (Å²) in [6.45, 7) is 5.54. The van der Waals surface area contributed by atoms with Gasteiger partial charge in [0.05, 0.1) is 0 Å². The summed E-state index contributed by atoms with van der Waals surface area (Å²) in [5.41, 5.74) is 0.952. The first-order valence-electron chi connectivity index (χ1n) is 6.40. The van der Waals surface area contributed by atoms with Crippen molar-refractivity contribution < 1.29 is 17.9 Å². The van der Waals surface area contributed by atoms with Gasteiger partial charge in [0.1, 0.15) is 18.2 Å². The zero-order valence-electron chi connectivity index (χ0n) is 11.5. The smallest absolute Gasteiger partial charge is 0.272 e. The molecule has 1 N–H and O–H groups in total. The van der Waals surface area contributed by atoms with Crippen molar-refractivity contribution in [2.45, 2.75) is 39.7 Å². The Labute approximate surface area is 112 Å². The standard InChI is InChI=1S/C14H20F3NO/c1-4-5-18-10(3)11-7-12(15)9(2)6-13(11)19-8-14(16)17/h6-7,10,14,18H,4-5,8H2,1-3H3. The van der Waals surface area contributed by atoms with Crippen molar-refractivity contribution in [3.8, 4) is 5.75 Å². The molecule has 0 aliphatic rings. The second-order valence-electron chi connectivity index (χ2n) is 4.52. The van der Waals surface area contributed by atoms with E-state index in [1.54, 1.807) is 6.92 Å². The van der Waals surface area contributed by atoms with Crippen molar-refractivity contribution in [3.63, 3.8) is 0 Å². The Balaban J connectivity index is 2.94. The fourth-order valence-corrected chi connectivity index (χ4v) is 1.76. The van der Waals surface area contributed by atoms with Gasteiger partial charge >= 0.3 is 0 Å². The van der Waals surface area contributed by atoms with E-state index in [1.807, 2.05) is 13.8 Å². The van der Waals surface area contributed by atoms with E-state index in [2.05, 4.69) is 5.32 Å². The van der Waals surface area contributed by atoms with Crippen LogP contribution in [0.15, 0.2) is 12.1 Å². The lowest BCUT2D eigenvalue weighted by atomic mass is 10.0. The molecular formula is C14H20F3NO. The predicted molar refractivity (Wildman–Crippen MR) is 69.3 cm³/mol. The van der Waals surface area contributed by atoms with Crippen LogP contribution in [0.1, 0.15) is 37.4 Å². The average molecular weight is 275 g/mol. The predicted octanol–water partition coefficient (Wildman–Crippen LogP) is 3.84. The number of hydrogen-bond donors (Lipinski definition) is 1. The monoisotopic (exact) mass is 275 g/mol. The Hall–Kier alpha value is -1.23. The summed E-state index contributed by atoms with van der Waals surface area (Å²) in [4.78, 5) is 0. The second kappa shape index (κ2) is 7.38. The molecule has 0 heterocycles. The van der Waals surface area contributed by atoms with Crippen LogP contribution in [0, 0.1) is 12.7 Å². The van der Waals surface area contributed by atoms with Crippen LogP contribution in [0.4, 0.5) is 13.2 Å². The Morgan fingerprint density at radius 1 is 1.32 bits per heavy atom. The van der Waals surface area contributed by atoms with Gasteiger partial charge in [0, 0.05) is 11.6 Å². The molecule has 108 valence electrons. The average Bonchev–Trinajstić information content (AvgIpc) is 2.36. The lowest BCUT2D eigenvalue weighted by Crippen LogP contribution is -2.21. The first-order chi connectivity index (χ1) is 8.95. The molecule has 0 fully saturated rings. The van der Waals surface area contributed by atoms with Crippen LogP contribution in [0.3, 0.4) is 0 Å². The highest BCUT2D eigenvalue weighted by atomic mass is 19.3. The first-order valence-corrected chi connectivity index (χ1v) is 6.40. The minimum absolute atomic E-state index is 0.150. The third-order valence-electron chi connectivity index (χ3n) is 2.82. The molecule has 0 bridgehead atoms. The van der Waals surface area contributed by atoms with Crippen molar-refractivity contribution in [1.29, 1.82) is 0 Å². The van der Waals surface area contributed by atoms with Crippen LogP contribution < -0.4 is 10.1 Å². The third-order valence-corrected chi connectivity index (χ3v) is 2.82. The highest BCUT2D eigenvalue weighted by molar-refractivity contribution is 5.40. The maximum absolute atomic E-state index is 13.6. The molecule has 5 heteroatoms. The van der Waals surface area contributed by atoms with E-state index in [1.165, 1.54) is 12.1 Å². The summed E-state index contributed by atoms with van der Waals surface area (Å²) in [7, 11) is 0. The molecule has 1 aromatic rings. The minimum atomic E-state index is -2.54. The van der Waals surface area contributed by atoms with Crippen LogP contribution >= 0.6 is 0 Å². The molecule has 19 heavy (non-hydrogen) atoms. The molecule has 0 aliphatic carbocycles. The van der Waals surface area contributed by atoms with Gasteiger partial charge in [-0.05, 0) is 44.5 Å². The van der Waals surface area contributed by atoms with E-state index in [4.69, 9.17) is 4.74 Å². The number of rotatable bonds is 7. The molecule has 2 nitrogen and oxygen atoms in total. The van der Waals surface area contributed by atoms with Crippen LogP contribution in [-0.2, 0) is 0 Å². The minimum Gasteiger partial charge on any atom is -0.487 e. The molecule has 0 aromatic heterocycles. The molecular weight excluding hydrogens is 255 g/mol. The van der Waals surface area contributed by atoms with E-state index in [-0.39, 0.29) is 11.9 Å². The third kappa shape index (κ3) is 4.74. The highest BCUT2D eigenvalue weighted by Gasteiger charge is 2.15. The van der Waals surface area contributed by atoms with Gasteiger partial charge in [-0.1, -0.05) is 6.92 Å². The van der Waals surface area contributed by atoms with Crippen molar-refractivity contribution >= 4 is 0 Å². The molecule has 1 unspecified atom stereocenters. The molecule has 0 radical (unpaired) electrons. The van der Waals surface area contributed by atoms with Crippen molar-refractivity contribution in [3.05, 3.63) is 29.1 Å². The van der Waals surface area contributed by atoms with E-state index >= 15 is 0 Å². The highest BCUT2D eigenvalue weighted by Crippen LogP contribution is 2.28. The quantitative estimate of drug-likeness (QED) is 0.816. The molecule has 0 saturated heterocycles. The molecule has 1 atom stereocenters. The van der Waals surface area contributed by atoms with Crippen LogP contribution in [0.2, 0.25) is 0 Å². The SMILES string of the molecule is CCCNC(C)c1cc(F)c(C)cc1OCC(F)F. The molecule has 1 rings (SSSR count). The number of halogens is 3. The van der Waals surface area contributed by atoms with Crippen molar-refractivity contribution in [2.24, 2.45) is 0 Å². The number of hydrogen-bond acceptors (Lipinski definition) is 2. The van der Waals surface area contributed by atoms with Gasteiger partial charge in [-0.3, -0.25) is 0 Å². The van der Waals surface area contributed by atoms with E-state index in [9.17, 15) is 13.2 Å². The van der Waals surface area contributed by atoms with Gasteiger partial charge in [-0.15, -0.1) is 0 Å². The number of alkyl halides is 2. The lowest BCUT2D eigenvalue weighted by molar-refractivity contribution is 0.0811. The number of nitrogens with one attached hydrogen (secondary N) is 1. The van der Waals surface area contributed by atoms with Crippen molar-refractivity contribution in [2.75, 3.05) is 13.2 Å². The van der Waals surface area contributed by atoms with Gasteiger partial charge in [-0.2, -0.15) is 0 Å². The molecule has 0 amide bonds. The summed E-state index contributed by atoms with van der Waals surface area (Å²) in [6.07, 6.45) is -1.61. The molecule has 0 spiro atoms. The second-order valence-corrected chi connectivity index (χ2v) is 4.52. The van der Waals surface area contributed by atoms with Gasteiger partial charge in [0.15, 0.2) is 0 Å². The first kappa shape index (κ1) is 15.8. The Morgan fingerprint density at radius 3 is 2.58 bits per heavy atom. The zero-order valence-corrected chi connectivity index (χ0v) is 11.5. The Morgan fingerprint density at radius 2 is 2.00 bits per heavy atom. The van der Waals surface area contributed by atoms with Crippen LogP contribution in [-0.4, -0.2) is 19.6 Å². The topological polar surface area (TPSA) is 21.3 Å². The van der Waals surface area contributed by atoms with E-state index < -0.39 is 13.0 Å².